The van der Waals surface area contributed by atoms with Crippen molar-refractivity contribution in [3.05, 3.63) is 53.2 Å². The molecule has 0 spiro atoms. The van der Waals surface area contributed by atoms with Crippen LogP contribution in [0.25, 0.3) is 10.9 Å². The van der Waals surface area contributed by atoms with Gasteiger partial charge in [-0.1, -0.05) is 0 Å². The fourth-order valence-electron chi connectivity index (χ4n) is 2.95. The molecule has 0 fully saturated rings. The van der Waals surface area contributed by atoms with E-state index in [2.05, 4.69) is 55.5 Å². The topological polar surface area (TPSA) is 56.3 Å². The van der Waals surface area contributed by atoms with Crippen molar-refractivity contribution in [2.24, 2.45) is 0 Å². The Morgan fingerprint density at radius 1 is 0.852 bits per heavy atom. The molecule has 0 atom stereocenters. The van der Waals surface area contributed by atoms with Gasteiger partial charge in [-0.2, -0.15) is 0 Å². The van der Waals surface area contributed by atoms with Gasteiger partial charge >= 0.3 is 0 Å². The third-order valence-corrected chi connectivity index (χ3v) is 4.88. The Morgan fingerprint density at radius 2 is 1.48 bits per heavy atom. The number of hydrogen-bond acceptors (Lipinski definition) is 5. The Balaban J connectivity index is 0.00000126. The lowest BCUT2D eigenvalue weighted by molar-refractivity contribution is 0.356. The summed E-state index contributed by atoms with van der Waals surface area (Å²) in [6.07, 6.45) is 10.6. The third-order valence-electron chi connectivity index (χ3n) is 4.88. The average molecular weight is 362 g/mol. The second-order valence-corrected chi connectivity index (χ2v) is 6.19. The first-order valence-electron chi connectivity index (χ1n) is 8.46. The summed E-state index contributed by atoms with van der Waals surface area (Å²) in [7, 11) is 3.24. The zero-order valence-corrected chi connectivity index (χ0v) is 16.6. The van der Waals surface area contributed by atoms with Crippen LogP contribution in [0, 0.1) is 40.5 Å². The summed E-state index contributed by atoms with van der Waals surface area (Å²) in [6, 6.07) is 5.92. The maximum absolute atomic E-state index is 5.42. The van der Waals surface area contributed by atoms with Crippen molar-refractivity contribution in [1.82, 2.24) is 9.97 Å². The molecule has 0 radical (unpaired) electrons. The van der Waals surface area contributed by atoms with Crippen molar-refractivity contribution in [1.29, 1.82) is 0 Å². The van der Waals surface area contributed by atoms with Gasteiger partial charge in [-0.25, -0.2) is 9.97 Å². The minimum Gasteiger partial charge on any atom is -0.697 e. The molecule has 2 aromatic carbocycles. The summed E-state index contributed by atoms with van der Waals surface area (Å²) < 4.78 is 10.8. The van der Waals surface area contributed by atoms with Crippen LogP contribution in [-0.2, 0) is 0 Å². The van der Waals surface area contributed by atoms with Crippen LogP contribution in [0.4, 0.5) is 11.5 Å². The first-order chi connectivity index (χ1) is 13.0. The Hall–Kier alpha value is -3.26. The first-order valence-corrected chi connectivity index (χ1v) is 8.46. The molecule has 0 unspecified atom stereocenters. The highest BCUT2D eigenvalue weighted by atomic mass is 16.5. The summed E-state index contributed by atoms with van der Waals surface area (Å²) in [4.78, 5) is 8.79. The van der Waals surface area contributed by atoms with Crippen molar-refractivity contribution in [3.63, 3.8) is 0 Å². The van der Waals surface area contributed by atoms with E-state index in [0.717, 1.165) is 22.4 Å². The smallest absolute Gasteiger partial charge is 0.162 e. The molecule has 3 rings (SSSR count). The Labute approximate surface area is 160 Å². The maximum Gasteiger partial charge on any atom is 0.162 e. The summed E-state index contributed by atoms with van der Waals surface area (Å²) in [5, 5.41) is 4.35. The molecule has 0 bridgehead atoms. The van der Waals surface area contributed by atoms with Gasteiger partial charge in [-0.3, -0.25) is 0 Å². The molecule has 27 heavy (non-hydrogen) atoms. The lowest BCUT2D eigenvalue weighted by atomic mass is 9.98. The zero-order chi connectivity index (χ0) is 20.1. The highest BCUT2D eigenvalue weighted by molar-refractivity contribution is 5.93. The van der Waals surface area contributed by atoms with Crippen molar-refractivity contribution < 1.29 is 9.47 Å². The van der Waals surface area contributed by atoms with Gasteiger partial charge in [0.25, 0.3) is 0 Å². The van der Waals surface area contributed by atoms with E-state index in [1.807, 2.05) is 12.1 Å². The summed E-state index contributed by atoms with van der Waals surface area (Å²) in [5.74, 6) is 2.05. The van der Waals surface area contributed by atoms with E-state index in [9.17, 15) is 0 Å². The molecule has 0 amide bonds. The Morgan fingerprint density at radius 3 is 2.11 bits per heavy atom. The Bertz CT molecular complexity index is 994. The van der Waals surface area contributed by atoms with E-state index < -0.39 is 0 Å². The number of ether oxygens (including phenoxy) is 2. The molecule has 0 aliphatic carbocycles. The average Bonchev–Trinajstić information content (AvgIpc) is 2.71. The number of rotatable bonds is 4. The quantitative estimate of drug-likeness (QED) is 0.532. The predicted octanol–water partition coefficient (Wildman–Crippen LogP) is 4.83. The number of terminal acetylenes is 1. The van der Waals surface area contributed by atoms with E-state index in [1.165, 1.54) is 22.3 Å². The van der Waals surface area contributed by atoms with Crippen LogP contribution in [0.15, 0.2) is 24.5 Å². The number of fused-ring (bicyclic) bond motifs is 1. The number of nitrogens with one attached hydrogen (secondary N) is 1. The number of hydrogen-bond donors (Lipinski definition) is 1. The second-order valence-electron chi connectivity index (χ2n) is 6.19. The number of aryl methyl sites for hydroxylation is 1. The standard InChI is InChI=1S/C20H23N3O2.C2H/c1-11-7-16(14(4)13(3)12(11)2)23-20-15-8-18(24-5)19(25-6)9-17(15)21-10-22-20;1-2/h7-10H,1-6H3,(H,21,22,23);1H/q;-1. The zero-order valence-electron chi connectivity index (χ0n) is 16.6. The van der Waals surface area contributed by atoms with Gasteiger partial charge in [0.2, 0.25) is 0 Å². The molecule has 1 heterocycles. The Kier molecular flexibility index (Phi) is 6.25. The van der Waals surface area contributed by atoms with Crippen LogP contribution in [0.1, 0.15) is 22.3 Å². The number of benzene rings is 2. The predicted molar refractivity (Wildman–Crippen MR) is 110 cm³/mol. The van der Waals surface area contributed by atoms with Crippen LogP contribution in [0.3, 0.4) is 0 Å². The molecule has 1 N–H and O–H groups in total. The van der Waals surface area contributed by atoms with E-state index >= 15 is 0 Å². The largest absolute Gasteiger partial charge is 0.697 e. The SMILES string of the molecule is COc1cc2ncnc(Nc3cc(C)c(C)c(C)c3C)c2cc1OC.[C-]#C. The van der Waals surface area contributed by atoms with E-state index in [-0.39, 0.29) is 0 Å². The van der Waals surface area contributed by atoms with Gasteiger partial charge in [0.15, 0.2) is 11.5 Å². The maximum atomic E-state index is 5.42. The third kappa shape index (κ3) is 3.80. The first kappa shape index (κ1) is 20.1. The number of nitrogens with zero attached hydrogens (tertiary/aromatic N) is 2. The van der Waals surface area contributed by atoms with Gasteiger partial charge in [0, 0.05) is 17.1 Å². The highest BCUT2D eigenvalue weighted by Crippen LogP contribution is 2.35. The van der Waals surface area contributed by atoms with Gasteiger partial charge in [0.1, 0.15) is 12.1 Å². The van der Waals surface area contributed by atoms with Crippen LogP contribution in [0.5, 0.6) is 11.5 Å². The lowest BCUT2D eigenvalue weighted by Crippen LogP contribution is -2.02. The van der Waals surface area contributed by atoms with Gasteiger partial charge in [0.05, 0.1) is 19.7 Å². The van der Waals surface area contributed by atoms with Crippen molar-refractivity contribution in [2.75, 3.05) is 19.5 Å². The van der Waals surface area contributed by atoms with Crippen LogP contribution >= 0.6 is 0 Å². The molecular formula is C22H24N3O2-. The molecule has 5 nitrogen and oxygen atoms in total. The molecule has 0 saturated carbocycles. The molecule has 0 saturated heterocycles. The minimum absolute atomic E-state index is 0.651. The van der Waals surface area contributed by atoms with Crippen molar-refractivity contribution in [2.45, 2.75) is 27.7 Å². The number of methoxy groups -OCH3 is 2. The van der Waals surface area contributed by atoms with Crippen LogP contribution in [0.2, 0.25) is 0 Å². The van der Waals surface area contributed by atoms with Crippen molar-refractivity contribution >= 4 is 22.4 Å². The molecule has 140 valence electrons. The minimum atomic E-state index is 0.651. The number of anilines is 2. The molecule has 0 aliphatic rings. The normalized spacial score (nSPS) is 10.1. The van der Waals surface area contributed by atoms with E-state index in [0.29, 0.717) is 11.5 Å². The summed E-state index contributed by atoms with van der Waals surface area (Å²) in [5.41, 5.74) is 6.93. The van der Waals surface area contributed by atoms with Crippen LogP contribution < -0.4 is 14.8 Å². The van der Waals surface area contributed by atoms with Gasteiger partial charge in [-0.15, -0.1) is 0 Å². The fraction of sp³-hybridized carbons (Fsp3) is 0.273. The second kappa shape index (κ2) is 8.41. The monoisotopic (exact) mass is 362 g/mol. The molecule has 0 aliphatic heterocycles. The van der Waals surface area contributed by atoms with Crippen LogP contribution in [-0.4, -0.2) is 24.2 Å². The van der Waals surface area contributed by atoms with E-state index in [1.54, 1.807) is 20.5 Å². The molecular weight excluding hydrogens is 338 g/mol. The van der Waals surface area contributed by atoms with E-state index in [4.69, 9.17) is 15.9 Å². The molecule has 1 aromatic heterocycles. The van der Waals surface area contributed by atoms with Crippen molar-refractivity contribution in [3.8, 4) is 17.9 Å². The fourth-order valence-corrected chi connectivity index (χ4v) is 2.95. The number of aromatic nitrogens is 2. The molecule has 5 heteroatoms. The van der Waals surface area contributed by atoms with Gasteiger partial charge < -0.3 is 27.6 Å². The molecule has 3 aromatic rings. The lowest BCUT2D eigenvalue weighted by Gasteiger charge is -2.17. The summed E-state index contributed by atoms with van der Waals surface area (Å²) in [6.45, 7) is 8.55. The summed E-state index contributed by atoms with van der Waals surface area (Å²) >= 11 is 0. The highest BCUT2D eigenvalue weighted by Gasteiger charge is 2.13. The van der Waals surface area contributed by atoms with Gasteiger partial charge in [-0.05, 0) is 62.1 Å².